The average Bonchev–Trinajstić information content (AvgIpc) is 2.96. The van der Waals surface area contributed by atoms with Gasteiger partial charge >= 0.3 is 0 Å². The molecule has 0 amide bonds. The lowest BCUT2D eigenvalue weighted by Gasteiger charge is -2.25. The van der Waals surface area contributed by atoms with Gasteiger partial charge in [0.05, 0.1) is 12.2 Å². The molecule has 2 heterocycles. The Labute approximate surface area is 127 Å². The maximum atomic E-state index is 13.7. The highest BCUT2D eigenvalue weighted by Gasteiger charge is 2.12. The van der Waals surface area contributed by atoms with Crippen molar-refractivity contribution in [2.75, 3.05) is 20.1 Å². The maximum absolute atomic E-state index is 13.7. The van der Waals surface area contributed by atoms with Crippen molar-refractivity contribution in [3.05, 3.63) is 40.5 Å². The molecule has 0 radical (unpaired) electrons. The van der Waals surface area contributed by atoms with Crippen molar-refractivity contribution in [2.24, 2.45) is 4.99 Å². The Hall–Kier alpha value is -1.95. The Morgan fingerprint density at radius 3 is 3.05 bits per heavy atom. The van der Waals surface area contributed by atoms with Gasteiger partial charge in [-0.1, -0.05) is 12.1 Å². The maximum Gasteiger partial charge on any atom is 0.194 e. The predicted molar refractivity (Wildman–Crippen MR) is 83.9 cm³/mol. The van der Waals surface area contributed by atoms with Crippen molar-refractivity contribution in [3.63, 3.8) is 0 Å². The molecule has 0 bridgehead atoms. The summed E-state index contributed by atoms with van der Waals surface area (Å²) in [5.74, 6) is 0.669. The molecule has 1 aliphatic heterocycles. The average molecular weight is 304 g/mol. The lowest BCUT2D eigenvalue weighted by molar-refractivity contribution is 0.446. The highest BCUT2D eigenvalue weighted by atomic mass is 32.1. The van der Waals surface area contributed by atoms with E-state index < -0.39 is 0 Å². The Morgan fingerprint density at radius 2 is 2.24 bits per heavy atom. The van der Waals surface area contributed by atoms with Gasteiger partial charge in [-0.05, 0) is 18.6 Å². The van der Waals surface area contributed by atoms with Crippen LogP contribution in [-0.4, -0.2) is 36.0 Å². The van der Waals surface area contributed by atoms with Gasteiger partial charge in [0.2, 0.25) is 0 Å². The molecule has 1 aromatic carbocycles. The van der Waals surface area contributed by atoms with E-state index in [0.29, 0.717) is 17.8 Å². The summed E-state index contributed by atoms with van der Waals surface area (Å²) < 4.78 is 13.7. The van der Waals surface area contributed by atoms with Crippen molar-refractivity contribution >= 4 is 17.3 Å². The van der Waals surface area contributed by atoms with Crippen LogP contribution < -0.4 is 5.32 Å². The molecule has 21 heavy (non-hydrogen) atoms. The first-order valence-electron chi connectivity index (χ1n) is 6.93. The summed E-state index contributed by atoms with van der Waals surface area (Å²) in [5, 5.41) is 6.11. The monoisotopic (exact) mass is 304 g/mol. The summed E-state index contributed by atoms with van der Waals surface area (Å²) in [6, 6.07) is 6.71. The van der Waals surface area contributed by atoms with Crippen LogP contribution in [0.4, 0.5) is 4.39 Å². The van der Waals surface area contributed by atoms with Gasteiger partial charge < -0.3 is 10.2 Å². The molecule has 1 N–H and O–H groups in total. The number of hydrogen-bond acceptors (Lipinski definition) is 5. The number of guanidine groups is 1. The van der Waals surface area contributed by atoms with Gasteiger partial charge in [0.15, 0.2) is 5.96 Å². The van der Waals surface area contributed by atoms with E-state index >= 15 is 0 Å². The van der Waals surface area contributed by atoms with Crippen molar-refractivity contribution < 1.29 is 4.39 Å². The van der Waals surface area contributed by atoms with E-state index in [1.54, 1.807) is 12.1 Å². The summed E-state index contributed by atoms with van der Waals surface area (Å²) in [7, 11) is 2.03. The zero-order valence-corrected chi connectivity index (χ0v) is 12.7. The van der Waals surface area contributed by atoms with E-state index in [1.165, 1.54) is 17.4 Å². The van der Waals surface area contributed by atoms with E-state index in [-0.39, 0.29) is 5.82 Å². The van der Waals surface area contributed by atoms with Crippen LogP contribution >= 0.6 is 11.3 Å². The minimum absolute atomic E-state index is 0.237. The fourth-order valence-corrected chi connectivity index (χ4v) is 2.98. The number of rotatable bonds is 3. The fourth-order valence-electron chi connectivity index (χ4n) is 2.25. The topological polar surface area (TPSA) is 40.5 Å². The third-order valence-electron chi connectivity index (χ3n) is 3.37. The molecular weight excluding hydrogens is 287 g/mol. The second kappa shape index (κ2) is 6.22. The van der Waals surface area contributed by atoms with Crippen LogP contribution in [0.15, 0.2) is 34.6 Å². The summed E-state index contributed by atoms with van der Waals surface area (Å²) in [6.07, 6.45) is 1.09. The number of benzene rings is 1. The molecule has 6 heteroatoms. The molecule has 0 unspecified atom stereocenters. The summed E-state index contributed by atoms with van der Waals surface area (Å²) in [4.78, 5) is 11.1. The van der Waals surface area contributed by atoms with Gasteiger partial charge in [-0.2, -0.15) is 0 Å². The number of halogens is 1. The molecule has 0 fully saturated rings. The second-order valence-electron chi connectivity index (χ2n) is 4.94. The predicted octanol–water partition coefficient (Wildman–Crippen LogP) is 2.73. The van der Waals surface area contributed by atoms with Crippen LogP contribution in [0.3, 0.4) is 0 Å². The quantitative estimate of drug-likeness (QED) is 0.948. The number of nitrogens with zero attached hydrogens (tertiary/aromatic N) is 3. The van der Waals surface area contributed by atoms with E-state index in [1.807, 2.05) is 18.5 Å². The van der Waals surface area contributed by atoms with Crippen LogP contribution in [0.25, 0.3) is 11.3 Å². The lowest BCUT2D eigenvalue weighted by Crippen LogP contribution is -2.41. The molecule has 0 saturated carbocycles. The summed E-state index contributed by atoms with van der Waals surface area (Å²) in [5.41, 5.74) is 1.24. The number of aliphatic imine (C=N–C) groups is 1. The van der Waals surface area contributed by atoms with Crippen LogP contribution in [0.2, 0.25) is 0 Å². The number of aromatic nitrogens is 1. The van der Waals surface area contributed by atoms with E-state index in [2.05, 4.69) is 20.2 Å². The van der Waals surface area contributed by atoms with E-state index in [4.69, 9.17) is 0 Å². The van der Waals surface area contributed by atoms with Gasteiger partial charge in [-0.3, -0.25) is 4.99 Å². The first-order chi connectivity index (χ1) is 10.2. The Morgan fingerprint density at radius 1 is 1.38 bits per heavy atom. The number of hydrogen-bond donors (Lipinski definition) is 1. The Bertz CT molecular complexity index is 653. The van der Waals surface area contributed by atoms with E-state index in [0.717, 1.165) is 30.5 Å². The van der Waals surface area contributed by atoms with Gasteiger partial charge in [0, 0.05) is 31.1 Å². The molecule has 1 aromatic heterocycles. The molecule has 0 saturated heterocycles. The first-order valence-corrected chi connectivity index (χ1v) is 7.81. The normalized spacial score (nSPS) is 15.0. The Balaban J connectivity index is 1.68. The molecule has 1 aliphatic rings. The van der Waals surface area contributed by atoms with Crippen LogP contribution in [0, 0.1) is 5.82 Å². The van der Waals surface area contributed by atoms with Crippen molar-refractivity contribution in [2.45, 2.75) is 13.0 Å². The second-order valence-corrected chi connectivity index (χ2v) is 5.88. The zero-order valence-electron chi connectivity index (χ0n) is 11.8. The highest BCUT2D eigenvalue weighted by Crippen LogP contribution is 2.24. The molecule has 0 atom stereocenters. The Kier molecular flexibility index (Phi) is 4.15. The molecule has 4 nitrogen and oxygen atoms in total. The molecule has 2 aromatic rings. The minimum Gasteiger partial charge on any atom is -0.350 e. The van der Waals surface area contributed by atoms with Crippen LogP contribution in [0.5, 0.6) is 0 Å². The molecule has 0 aliphatic carbocycles. The van der Waals surface area contributed by atoms with Crippen LogP contribution in [-0.2, 0) is 6.54 Å². The smallest absolute Gasteiger partial charge is 0.194 e. The molecule has 110 valence electrons. The minimum atomic E-state index is -0.237. The van der Waals surface area contributed by atoms with Crippen LogP contribution in [0.1, 0.15) is 11.4 Å². The number of thiazole rings is 1. The number of nitrogens with one attached hydrogen (secondary N) is 1. The standard InChI is InChI=1S/C15H17FN4S/c1-20-8-4-7-17-15(20)18-9-14-19-13(10-21-14)11-5-2-3-6-12(11)16/h2-3,5-6,10H,4,7-9H2,1H3,(H,17,18). The fraction of sp³-hybridized carbons (Fsp3) is 0.333. The van der Waals surface area contributed by atoms with E-state index in [9.17, 15) is 4.39 Å². The van der Waals surface area contributed by atoms with Crippen molar-refractivity contribution in [1.29, 1.82) is 0 Å². The zero-order chi connectivity index (χ0) is 14.7. The highest BCUT2D eigenvalue weighted by molar-refractivity contribution is 7.09. The lowest BCUT2D eigenvalue weighted by atomic mass is 10.2. The molecule has 0 spiro atoms. The molecule has 3 rings (SSSR count). The van der Waals surface area contributed by atoms with Gasteiger partial charge in [-0.15, -0.1) is 11.3 Å². The third kappa shape index (κ3) is 3.21. The summed E-state index contributed by atoms with van der Waals surface area (Å²) >= 11 is 1.53. The third-order valence-corrected chi connectivity index (χ3v) is 4.22. The van der Waals surface area contributed by atoms with Gasteiger partial charge in [-0.25, -0.2) is 9.37 Å². The SMILES string of the molecule is CN1CCCN=C1NCc1nc(-c2ccccc2F)cs1. The first kappa shape index (κ1) is 14.0. The largest absolute Gasteiger partial charge is 0.350 e. The molecular formula is C15H17FN4S. The van der Waals surface area contributed by atoms with Gasteiger partial charge in [0.25, 0.3) is 0 Å². The summed E-state index contributed by atoms with van der Waals surface area (Å²) in [6.45, 7) is 2.50. The van der Waals surface area contributed by atoms with Crippen molar-refractivity contribution in [3.8, 4) is 11.3 Å². The van der Waals surface area contributed by atoms with Gasteiger partial charge in [0.1, 0.15) is 10.8 Å². The van der Waals surface area contributed by atoms with Crippen molar-refractivity contribution in [1.82, 2.24) is 15.2 Å².